The summed E-state index contributed by atoms with van der Waals surface area (Å²) in [7, 11) is 2.07. The van der Waals surface area contributed by atoms with Crippen LogP contribution in [0.1, 0.15) is 19.3 Å². The van der Waals surface area contributed by atoms with Gasteiger partial charge >= 0.3 is 6.01 Å². The predicted molar refractivity (Wildman–Crippen MR) is 160 cm³/mol. The van der Waals surface area contributed by atoms with E-state index in [0.717, 1.165) is 30.2 Å². The second kappa shape index (κ2) is 11.6. The van der Waals surface area contributed by atoms with Crippen LogP contribution in [0.5, 0.6) is 6.01 Å². The van der Waals surface area contributed by atoms with Crippen molar-refractivity contribution in [2.75, 3.05) is 44.7 Å². The molecule has 2 aliphatic heterocycles. The highest BCUT2D eigenvalue weighted by atomic mass is 16.5. The quantitative estimate of drug-likeness (QED) is 0.312. The van der Waals surface area contributed by atoms with Crippen molar-refractivity contribution in [3.63, 3.8) is 0 Å². The normalized spacial score (nSPS) is 19.2. The number of anilines is 1. The first kappa shape index (κ1) is 27.4. The van der Waals surface area contributed by atoms with Gasteiger partial charge in [0, 0.05) is 31.1 Å². The third kappa shape index (κ3) is 5.05. The number of aromatic nitrogens is 4. The fraction of sp³-hybridized carbons (Fsp3) is 0.355. The number of rotatable bonds is 7. The van der Waals surface area contributed by atoms with Crippen LogP contribution in [0, 0.1) is 11.3 Å². The van der Waals surface area contributed by atoms with Gasteiger partial charge in [0.15, 0.2) is 0 Å². The Labute approximate surface area is 243 Å². The molecule has 0 bridgehead atoms. The molecule has 11 nitrogen and oxygen atoms in total. The molecular weight excluding hydrogens is 532 g/mol. The first-order valence-corrected chi connectivity index (χ1v) is 14.1. The molecule has 0 aliphatic carbocycles. The molecule has 214 valence electrons. The summed E-state index contributed by atoms with van der Waals surface area (Å²) < 4.78 is 7.50. The van der Waals surface area contributed by atoms with Crippen LogP contribution in [0.15, 0.2) is 66.1 Å². The van der Waals surface area contributed by atoms with E-state index in [1.807, 2.05) is 47.4 Å². The maximum absolute atomic E-state index is 14.0. The van der Waals surface area contributed by atoms with Gasteiger partial charge in [0.25, 0.3) is 5.56 Å². The molecule has 0 unspecified atom stereocenters. The molecule has 6 rings (SSSR count). The van der Waals surface area contributed by atoms with E-state index in [1.54, 1.807) is 11.1 Å². The number of amides is 1. The molecule has 1 amide bonds. The summed E-state index contributed by atoms with van der Waals surface area (Å²) in [6, 6.07) is 15.8. The molecule has 42 heavy (non-hydrogen) atoms. The Balaban J connectivity index is 1.45. The molecule has 2 saturated heterocycles. The molecule has 11 heteroatoms. The van der Waals surface area contributed by atoms with Crippen LogP contribution in [0.2, 0.25) is 0 Å². The molecule has 2 aromatic carbocycles. The van der Waals surface area contributed by atoms with Gasteiger partial charge in [-0.2, -0.15) is 25.0 Å². The van der Waals surface area contributed by atoms with Gasteiger partial charge in [-0.15, -0.1) is 0 Å². The Morgan fingerprint density at radius 3 is 2.74 bits per heavy atom. The topological polar surface area (TPSA) is 120 Å². The van der Waals surface area contributed by atoms with Gasteiger partial charge in [0.05, 0.1) is 35.8 Å². The third-order valence-corrected chi connectivity index (χ3v) is 8.24. The first-order valence-electron chi connectivity index (χ1n) is 14.1. The minimum atomic E-state index is -0.385. The zero-order valence-electron chi connectivity index (χ0n) is 23.5. The van der Waals surface area contributed by atoms with E-state index < -0.39 is 0 Å². The Kier molecular flexibility index (Phi) is 7.54. The number of hydrogen-bond donors (Lipinski definition) is 0. The average Bonchev–Trinajstić information content (AvgIpc) is 3.44. The maximum Gasteiger partial charge on any atom is 0.319 e. The summed E-state index contributed by atoms with van der Waals surface area (Å²) in [5, 5.41) is 16.4. The standard InChI is InChI=1S/C31H32N8O3/c1-3-27(40)38-17-16-37(19-22(38)13-14-32)29-25-18-33-39(26-12-6-9-21-8-4-5-11-24(21)26)30(41)28(25)34-31(35-29)42-20-23-10-7-15-36(23)2/h3-6,8-9,11-12,18,22-23H,1,7,10,13,15-17,19-20H2,2H3/t22-,23-/m1/s1. The van der Waals surface area contributed by atoms with Crippen molar-refractivity contribution in [2.24, 2.45) is 0 Å². The lowest BCUT2D eigenvalue weighted by Crippen LogP contribution is -2.55. The highest BCUT2D eigenvalue weighted by molar-refractivity contribution is 5.92. The van der Waals surface area contributed by atoms with Crippen LogP contribution in [0.4, 0.5) is 5.82 Å². The number of benzene rings is 2. The maximum atomic E-state index is 14.0. The van der Waals surface area contributed by atoms with Crippen LogP contribution in [0.3, 0.4) is 0 Å². The van der Waals surface area contributed by atoms with Crippen molar-refractivity contribution in [1.29, 1.82) is 5.26 Å². The van der Waals surface area contributed by atoms with Gasteiger partial charge in [-0.3, -0.25) is 9.59 Å². The van der Waals surface area contributed by atoms with Gasteiger partial charge in [0.1, 0.15) is 17.9 Å². The van der Waals surface area contributed by atoms with E-state index >= 15 is 0 Å². The van der Waals surface area contributed by atoms with Crippen LogP contribution < -0.4 is 15.2 Å². The smallest absolute Gasteiger partial charge is 0.319 e. The molecule has 2 atom stereocenters. The number of nitrogens with zero attached hydrogens (tertiary/aromatic N) is 8. The van der Waals surface area contributed by atoms with Gasteiger partial charge in [0.2, 0.25) is 5.91 Å². The van der Waals surface area contributed by atoms with E-state index in [1.165, 1.54) is 10.8 Å². The summed E-state index contributed by atoms with van der Waals surface area (Å²) in [5.41, 5.74) is 0.462. The first-order chi connectivity index (χ1) is 20.5. The number of piperazine rings is 1. The Morgan fingerprint density at radius 1 is 1.12 bits per heavy atom. The molecule has 4 aromatic rings. The van der Waals surface area contributed by atoms with Crippen molar-refractivity contribution in [3.05, 3.63) is 71.7 Å². The van der Waals surface area contributed by atoms with Crippen molar-refractivity contribution < 1.29 is 9.53 Å². The Hall–Kier alpha value is -4.82. The summed E-state index contributed by atoms with van der Waals surface area (Å²) in [6.07, 6.45) is 5.16. The zero-order chi connectivity index (χ0) is 29.2. The van der Waals surface area contributed by atoms with Crippen molar-refractivity contribution in [3.8, 4) is 17.8 Å². The molecule has 0 radical (unpaired) electrons. The summed E-state index contributed by atoms with van der Waals surface area (Å²) in [5.74, 6) is 0.282. The highest BCUT2D eigenvalue weighted by Gasteiger charge is 2.32. The summed E-state index contributed by atoms with van der Waals surface area (Å²) in [4.78, 5) is 41.8. The van der Waals surface area contributed by atoms with Gasteiger partial charge < -0.3 is 19.4 Å². The minimum Gasteiger partial charge on any atom is -0.462 e. The Morgan fingerprint density at radius 2 is 1.95 bits per heavy atom. The lowest BCUT2D eigenvalue weighted by Gasteiger charge is -2.41. The number of carbonyl (C=O) groups is 1. The number of fused-ring (bicyclic) bond motifs is 2. The number of carbonyl (C=O) groups excluding carboxylic acids is 1. The predicted octanol–water partition coefficient (Wildman–Crippen LogP) is 2.92. The van der Waals surface area contributed by atoms with Gasteiger partial charge in [-0.25, -0.2) is 0 Å². The number of likely N-dealkylation sites (N-methyl/N-ethyl adjacent to an activating group) is 1. The number of ether oxygens (including phenoxy) is 1. The van der Waals surface area contributed by atoms with E-state index in [-0.39, 0.29) is 41.5 Å². The van der Waals surface area contributed by atoms with Crippen molar-refractivity contribution in [2.45, 2.75) is 31.3 Å². The van der Waals surface area contributed by atoms with E-state index in [0.29, 0.717) is 43.1 Å². The molecule has 0 spiro atoms. The third-order valence-electron chi connectivity index (χ3n) is 8.24. The van der Waals surface area contributed by atoms with Crippen LogP contribution >= 0.6 is 0 Å². The molecule has 4 heterocycles. The molecule has 2 aliphatic rings. The number of hydrogen-bond acceptors (Lipinski definition) is 9. The van der Waals surface area contributed by atoms with E-state index in [4.69, 9.17) is 9.72 Å². The van der Waals surface area contributed by atoms with Crippen molar-refractivity contribution >= 4 is 33.4 Å². The second-order valence-electron chi connectivity index (χ2n) is 10.7. The fourth-order valence-electron chi connectivity index (χ4n) is 5.95. The van der Waals surface area contributed by atoms with E-state index in [2.05, 4.69) is 34.7 Å². The number of nitriles is 1. The van der Waals surface area contributed by atoms with E-state index in [9.17, 15) is 14.9 Å². The molecular formula is C31H32N8O3. The van der Waals surface area contributed by atoms with Crippen molar-refractivity contribution in [1.82, 2.24) is 29.5 Å². The van der Waals surface area contributed by atoms with Crippen LogP contribution in [-0.2, 0) is 4.79 Å². The monoisotopic (exact) mass is 564 g/mol. The van der Waals surface area contributed by atoms with Crippen LogP contribution in [0.25, 0.3) is 27.4 Å². The molecule has 0 saturated carbocycles. The minimum absolute atomic E-state index is 0.118. The summed E-state index contributed by atoms with van der Waals surface area (Å²) in [6.45, 7) is 6.21. The van der Waals surface area contributed by atoms with Gasteiger partial charge in [-0.05, 0) is 44.0 Å². The largest absolute Gasteiger partial charge is 0.462 e. The van der Waals surface area contributed by atoms with Crippen LogP contribution in [-0.4, -0.2) is 87.4 Å². The molecule has 2 fully saturated rings. The Bertz CT molecular complexity index is 1760. The second-order valence-corrected chi connectivity index (χ2v) is 10.7. The zero-order valence-corrected chi connectivity index (χ0v) is 23.5. The lowest BCUT2D eigenvalue weighted by atomic mass is 10.1. The number of likely N-dealkylation sites (tertiary alicyclic amines) is 1. The lowest BCUT2D eigenvalue weighted by molar-refractivity contribution is -0.128. The fourth-order valence-corrected chi connectivity index (χ4v) is 5.95. The SMILES string of the molecule is C=CC(=O)N1CCN(c2nc(OC[C@H]3CCCN3C)nc3c(=O)n(-c4cccc5ccccc45)ncc23)C[C@H]1CC#N. The highest BCUT2D eigenvalue weighted by Crippen LogP contribution is 2.29. The molecule has 2 aromatic heterocycles. The molecule has 0 N–H and O–H groups in total. The summed E-state index contributed by atoms with van der Waals surface area (Å²) >= 11 is 0. The van der Waals surface area contributed by atoms with Gasteiger partial charge in [-0.1, -0.05) is 43.0 Å². The average molecular weight is 565 g/mol.